The second-order valence-electron chi connectivity index (χ2n) is 15.7. The van der Waals surface area contributed by atoms with Crippen molar-refractivity contribution in [1.29, 1.82) is 5.26 Å². The number of nitrogens with one attached hydrogen (secondary N) is 2. The lowest BCUT2D eigenvalue weighted by Crippen LogP contribution is -2.55. The number of rotatable bonds is 9. The Morgan fingerprint density at radius 3 is 2.47 bits per heavy atom. The number of nitrogens with zero attached hydrogens (tertiary/aromatic N) is 10. The van der Waals surface area contributed by atoms with Gasteiger partial charge in [0, 0.05) is 75.4 Å². The lowest BCUT2D eigenvalue weighted by molar-refractivity contribution is -0.134. The summed E-state index contributed by atoms with van der Waals surface area (Å²) in [6.07, 6.45) is 13.2. The van der Waals surface area contributed by atoms with E-state index in [-0.39, 0.29) is 17.7 Å². The molecule has 2 amide bonds. The molecule has 1 aliphatic carbocycles. The average molecular weight is 755 g/mol. The molecule has 5 fully saturated rings. The van der Waals surface area contributed by atoms with Gasteiger partial charge in [-0.15, -0.1) is 10.2 Å². The molecule has 14 nitrogen and oxygen atoms in total. The molecule has 5 aromatic rings. The highest BCUT2D eigenvalue weighted by Crippen LogP contribution is 2.40. The molecule has 2 N–H and O–H groups in total. The van der Waals surface area contributed by atoms with Gasteiger partial charge in [0.2, 0.25) is 16.9 Å². The van der Waals surface area contributed by atoms with Crippen LogP contribution in [0.3, 0.4) is 0 Å². The summed E-state index contributed by atoms with van der Waals surface area (Å²) >= 11 is 1.65. The van der Waals surface area contributed by atoms with Crippen LogP contribution in [-0.4, -0.2) is 97.3 Å². The number of imide groups is 1. The topological polar surface area (TPSA) is 161 Å². The fourth-order valence-electron chi connectivity index (χ4n) is 8.93. The lowest BCUT2D eigenvalue weighted by Gasteiger charge is -2.43. The molecule has 4 saturated heterocycles. The summed E-state index contributed by atoms with van der Waals surface area (Å²) in [6.45, 7) is 5.04. The Morgan fingerprint density at radius 1 is 0.891 bits per heavy atom. The average Bonchev–Trinajstić information content (AvgIpc) is 3.61. The van der Waals surface area contributed by atoms with Gasteiger partial charge in [0.1, 0.15) is 11.9 Å². The summed E-state index contributed by atoms with van der Waals surface area (Å²) in [6, 6.07) is 15.6. The fourth-order valence-corrected chi connectivity index (χ4v) is 9.82. The Morgan fingerprint density at radius 2 is 1.73 bits per heavy atom. The van der Waals surface area contributed by atoms with E-state index in [0.717, 1.165) is 108 Å². The molecular weight excluding hydrogens is 713 g/mol. The number of hydrogen-bond donors (Lipinski definition) is 2. The van der Waals surface area contributed by atoms with Gasteiger partial charge >= 0.3 is 0 Å². The molecule has 2 unspecified atom stereocenters. The molecule has 1 saturated carbocycles. The molecule has 0 spiro atoms. The third-order valence-electron chi connectivity index (χ3n) is 12.1. The van der Waals surface area contributed by atoms with Crippen molar-refractivity contribution in [2.75, 3.05) is 47.8 Å². The molecule has 3 atom stereocenters. The third-order valence-corrected chi connectivity index (χ3v) is 13.1. The normalized spacial score (nSPS) is 23.3. The van der Waals surface area contributed by atoms with Crippen LogP contribution in [0.25, 0.3) is 27.5 Å². The van der Waals surface area contributed by atoms with Gasteiger partial charge in [-0.3, -0.25) is 24.8 Å². The second kappa shape index (κ2) is 14.0. The highest BCUT2D eigenvalue weighted by molar-refractivity contribution is 7.18. The van der Waals surface area contributed by atoms with Crippen molar-refractivity contribution < 1.29 is 9.59 Å². The number of anilines is 3. The Hall–Kier alpha value is -5.46. The molecule has 280 valence electrons. The maximum Gasteiger partial charge on any atom is 0.234 e. The van der Waals surface area contributed by atoms with Crippen LogP contribution in [0, 0.1) is 17.2 Å². The van der Waals surface area contributed by atoms with Gasteiger partial charge in [-0.25, -0.2) is 9.50 Å². The van der Waals surface area contributed by atoms with E-state index in [9.17, 15) is 14.9 Å². The minimum absolute atomic E-state index is 0.193. The van der Waals surface area contributed by atoms with E-state index in [2.05, 4.69) is 42.6 Å². The van der Waals surface area contributed by atoms with E-state index in [4.69, 9.17) is 20.2 Å². The highest BCUT2D eigenvalue weighted by atomic mass is 32.1. The largest absolute Gasteiger partial charge is 0.382 e. The molecular formula is C40H42N12O2S. The van der Waals surface area contributed by atoms with Crippen molar-refractivity contribution in [1.82, 2.24) is 40.0 Å². The Kier molecular flexibility index (Phi) is 8.67. The van der Waals surface area contributed by atoms with Gasteiger partial charge in [0.25, 0.3) is 0 Å². The van der Waals surface area contributed by atoms with Gasteiger partial charge in [-0.1, -0.05) is 17.4 Å². The summed E-state index contributed by atoms with van der Waals surface area (Å²) in [5.74, 6) is 0.906. The molecule has 0 aromatic carbocycles. The Balaban J connectivity index is 0.775. The number of nitriles is 1. The first-order valence-electron chi connectivity index (χ1n) is 19.5. The number of hydrogen-bond acceptors (Lipinski definition) is 13. The molecule has 9 heterocycles. The van der Waals surface area contributed by atoms with Crippen molar-refractivity contribution in [2.45, 2.75) is 75.4 Å². The van der Waals surface area contributed by atoms with E-state index in [0.29, 0.717) is 42.4 Å². The van der Waals surface area contributed by atoms with Crippen LogP contribution in [0.1, 0.15) is 68.4 Å². The van der Waals surface area contributed by atoms with Crippen molar-refractivity contribution in [3.05, 3.63) is 66.1 Å². The molecule has 15 heteroatoms. The van der Waals surface area contributed by atoms with Crippen LogP contribution >= 0.6 is 11.3 Å². The Bertz CT molecular complexity index is 2290. The van der Waals surface area contributed by atoms with Crippen molar-refractivity contribution in [3.8, 4) is 28.0 Å². The van der Waals surface area contributed by atoms with Crippen LogP contribution in [-0.2, 0) is 9.59 Å². The van der Waals surface area contributed by atoms with Crippen LogP contribution in [0.2, 0.25) is 0 Å². The quantitative estimate of drug-likeness (QED) is 0.197. The zero-order chi connectivity index (χ0) is 37.0. The van der Waals surface area contributed by atoms with Crippen molar-refractivity contribution >= 4 is 45.3 Å². The first-order valence-corrected chi connectivity index (χ1v) is 20.3. The number of piperazine rings is 1. The molecule has 5 aromatic heterocycles. The summed E-state index contributed by atoms with van der Waals surface area (Å²) < 4.78 is 1.83. The number of carbonyl (C=O) groups is 2. The van der Waals surface area contributed by atoms with Gasteiger partial charge in [0.15, 0.2) is 5.01 Å². The van der Waals surface area contributed by atoms with Crippen LogP contribution in [0.4, 0.5) is 16.6 Å². The van der Waals surface area contributed by atoms with Crippen LogP contribution < -0.4 is 20.4 Å². The third kappa shape index (κ3) is 6.67. The van der Waals surface area contributed by atoms with Crippen LogP contribution in [0.5, 0.6) is 0 Å². The molecule has 55 heavy (non-hydrogen) atoms. The fraction of sp³-hybridized carbons (Fsp3) is 0.450. The van der Waals surface area contributed by atoms with E-state index in [1.807, 2.05) is 47.2 Å². The van der Waals surface area contributed by atoms with Gasteiger partial charge in [-0.2, -0.15) is 10.4 Å². The van der Waals surface area contributed by atoms with E-state index < -0.39 is 0 Å². The number of piperidine rings is 2. The van der Waals surface area contributed by atoms with E-state index in [1.54, 1.807) is 17.5 Å². The second-order valence-corrected chi connectivity index (χ2v) is 16.7. The van der Waals surface area contributed by atoms with Crippen molar-refractivity contribution in [3.63, 3.8) is 0 Å². The molecule has 0 radical (unpaired) electrons. The smallest absolute Gasteiger partial charge is 0.234 e. The first kappa shape index (κ1) is 34.1. The predicted octanol–water partition coefficient (Wildman–Crippen LogP) is 4.85. The summed E-state index contributed by atoms with van der Waals surface area (Å²) in [5.41, 5.74) is 5.92. The number of fused-ring (bicyclic) bond motifs is 3. The monoisotopic (exact) mass is 754 g/mol. The summed E-state index contributed by atoms with van der Waals surface area (Å²) in [5, 5.41) is 31.3. The van der Waals surface area contributed by atoms with Crippen molar-refractivity contribution in [2.24, 2.45) is 5.92 Å². The maximum absolute atomic E-state index is 12.3. The summed E-state index contributed by atoms with van der Waals surface area (Å²) in [4.78, 5) is 41.1. The zero-order valence-electron chi connectivity index (χ0n) is 30.5. The zero-order valence-corrected chi connectivity index (χ0v) is 31.3. The maximum atomic E-state index is 12.3. The minimum atomic E-state index is -0.302. The van der Waals surface area contributed by atoms with Crippen LogP contribution in [0.15, 0.2) is 55.0 Å². The number of amides is 2. The van der Waals surface area contributed by atoms with Gasteiger partial charge in [0.05, 0.1) is 40.1 Å². The number of aromatic nitrogens is 6. The molecule has 4 aliphatic heterocycles. The number of pyridine rings is 2. The number of carbonyl (C=O) groups excluding carboxylic acids is 2. The predicted molar refractivity (Wildman–Crippen MR) is 209 cm³/mol. The van der Waals surface area contributed by atoms with Gasteiger partial charge < -0.3 is 15.1 Å². The first-order chi connectivity index (χ1) is 27.0. The molecule has 10 rings (SSSR count). The minimum Gasteiger partial charge on any atom is -0.382 e. The van der Waals surface area contributed by atoms with E-state index >= 15 is 0 Å². The molecule has 5 aliphatic rings. The Labute approximate surface area is 322 Å². The highest BCUT2D eigenvalue weighted by Gasteiger charge is 2.42. The molecule has 2 bridgehead atoms. The van der Waals surface area contributed by atoms with Gasteiger partial charge in [-0.05, 0) is 86.8 Å². The van der Waals surface area contributed by atoms with E-state index in [1.165, 1.54) is 12.8 Å². The standard InChI is InChI=1S/C40H42N12O2S/c41-17-25-15-28-6-8-35(52(28)44-18-25)34-16-33(45-27-2-3-27)32(20-42-34)39-47-48-40(55-39)50-22-29-4-5-30(23-50)51(29)21-24-11-13-49(14-12-24)36-9-1-26(19-43-36)31-7-10-37(53)46-38(31)54/h1,6,8-9,15-16,18-20,24,27,29-31H,2-5,7,10-14,21-23H2,(H,42,45)(H,46,53,54)/t29?,30?,31-/m0/s1. The lowest BCUT2D eigenvalue weighted by atomic mass is 9.91. The SMILES string of the molecule is N#Cc1cnn2c(-c3cc(NC4CC4)c(-c4nnc(N5CC6CCC(C5)N6CC5CCN(c6ccc([C@@H]7CCC(=O)NC7=O)cn6)CC5)s4)cn3)ccc2c1. The summed E-state index contributed by atoms with van der Waals surface area (Å²) in [7, 11) is 0.